The fourth-order valence-corrected chi connectivity index (χ4v) is 4.35. The molecule has 0 aromatic heterocycles. The third-order valence-electron chi connectivity index (χ3n) is 6.26. The Bertz CT molecular complexity index is 1080. The molecule has 4 rings (SSSR count). The van der Waals surface area contributed by atoms with Crippen LogP contribution in [0.4, 0.5) is 0 Å². The van der Waals surface area contributed by atoms with E-state index in [-0.39, 0.29) is 11.9 Å². The SMILES string of the molecule is COc1cccc([C@]2(C#N)CC[C@H](NC(=O)c3ccc(-c4ccccc4)cc3)CC2)c1. The van der Waals surface area contributed by atoms with E-state index in [0.29, 0.717) is 18.4 Å². The average Bonchev–Trinajstić information content (AvgIpc) is 2.85. The van der Waals surface area contributed by atoms with Gasteiger partial charge in [-0.15, -0.1) is 0 Å². The van der Waals surface area contributed by atoms with Crippen molar-refractivity contribution in [3.05, 3.63) is 90.0 Å². The number of amides is 1. The highest BCUT2D eigenvalue weighted by atomic mass is 16.5. The van der Waals surface area contributed by atoms with Gasteiger partial charge in [-0.05, 0) is 66.6 Å². The van der Waals surface area contributed by atoms with E-state index in [9.17, 15) is 10.1 Å². The minimum absolute atomic E-state index is 0.0598. The average molecular weight is 411 g/mol. The second kappa shape index (κ2) is 9.06. The lowest BCUT2D eigenvalue weighted by molar-refractivity contribution is 0.0922. The van der Waals surface area contributed by atoms with E-state index in [4.69, 9.17) is 4.74 Å². The number of rotatable bonds is 5. The van der Waals surface area contributed by atoms with Gasteiger partial charge in [0.25, 0.3) is 5.91 Å². The predicted octanol–water partition coefficient (Wildman–Crippen LogP) is 5.50. The van der Waals surface area contributed by atoms with Crippen LogP contribution >= 0.6 is 0 Å². The van der Waals surface area contributed by atoms with Crippen LogP contribution in [0.25, 0.3) is 11.1 Å². The van der Waals surface area contributed by atoms with Crippen molar-refractivity contribution in [3.8, 4) is 22.9 Å². The highest BCUT2D eigenvalue weighted by Crippen LogP contribution is 2.40. The molecule has 0 bridgehead atoms. The van der Waals surface area contributed by atoms with Gasteiger partial charge in [0.2, 0.25) is 0 Å². The third-order valence-corrected chi connectivity index (χ3v) is 6.26. The Morgan fingerprint density at radius 3 is 2.29 bits per heavy atom. The van der Waals surface area contributed by atoms with Crippen molar-refractivity contribution in [3.63, 3.8) is 0 Å². The highest BCUT2D eigenvalue weighted by Gasteiger charge is 2.37. The number of hydrogen-bond acceptors (Lipinski definition) is 3. The Hall–Kier alpha value is -3.58. The van der Waals surface area contributed by atoms with E-state index < -0.39 is 5.41 Å². The van der Waals surface area contributed by atoms with Gasteiger partial charge >= 0.3 is 0 Å². The number of benzene rings is 3. The summed E-state index contributed by atoms with van der Waals surface area (Å²) in [5.41, 5.74) is 3.35. The summed E-state index contributed by atoms with van der Waals surface area (Å²) in [4.78, 5) is 12.8. The zero-order chi connectivity index (χ0) is 21.7. The van der Waals surface area contributed by atoms with Crippen LogP contribution in [0.5, 0.6) is 5.75 Å². The van der Waals surface area contributed by atoms with Crippen molar-refractivity contribution in [1.82, 2.24) is 5.32 Å². The van der Waals surface area contributed by atoms with Crippen LogP contribution in [0.1, 0.15) is 41.6 Å². The highest BCUT2D eigenvalue weighted by molar-refractivity contribution is 5.94. The van der Waals surface area contributed by atoms with Crippen molar-refractivity contribution in [2.45, 2.75) is 37.1 Å². The normalized spacial score (nSPS) is 20.5. The maximum absolute atomic E-state index is 12.8. The van der Waals surface area contributed by atoms with Crippen LogP contribution in [0, 0.1) is 11.3 Å². The van der Waals surface area contributed by atoms with E-state index in [1.165, 1.54) is 0 Å². The van der Waals surface area contributed by atoms with Gasteiger partial charge in [-0.1, -0.05) is 54.6 Å². The first kappa shape index (κ1) is 20.7. The van der Waals surface area contributed by atoms with E-state index in [1.54, 1.807) is 7.11 Å². The lowest BCUT2D eigenvalue weighted by atomic mass is 9.69. The standard InChI is InChI=1S/C27H26N2O2/c1-31-25-9-5-8-23(18-25)27(19-28)16-14-24(15-17-27)29-26(30)22-12-10-21(11-13-22)20-6-3-2-4-7-20/h2-13,18,24H,14-17H2,1H3,(H,29,30)/t24-,27+. The molecule has 1 aliphatic carbocycles. The topological polar surface area (TPSA) is 62.1 Å². The summed E-state index contributed by atoms with van der Waals surface area (Å²) in [5.74, 6) is 0.706. The molecule has 0 atom stereocenters. The van der Waals surface area contributed by atoms with Crippen molar-refractivity contribution >= 4 is 5.91 Å². The van der Waals surface area contributed by atoms with Gasteiger partial charge in [0.15, 0.2) is 0 Å². The molecule has 31 heavy (non-hydrogen) atoms. The zero-order valence-corrected chi connectivity index (χ0v) is 17.7. The van der Waals surface area contributed by atoms with Crippen LogP contribution < -0.4 is 10.1 Å². The van der Waals surface area contributed by atoms with Gasteiger partial charge in [-0.25, -0.2) is 0 Å². The summed E-state index contributed by atoms with van der Waals surface area (Å²) in [7, 11) is 1.64. The first-order valence-electron chi connectivity index (χ1n) is 10.7. The van der Waals surface area contributed by atoms with Crippen LogP contribution in [0.2, 0.25) is 0 Å². The Kier molecular flexibility index (Phi) is 6.04. The smallest absolute Gasteiger partial charge is 0.251 e. The summed E-state index contributed by atoms with van der Waals surface area (Å²) in [6, 6.07) is 28.2. The Morgan fingerprint density at radius 1 is 0.968 bits per heavy atom. The lowest BCUT2D eigenvalue weighted by Gasteiger charge is -2.35. The summed E-state index contributed by atoms with van der Waals surface area (Å²) in [5, 5.41) is 13.1. The fraction of sp³-hybridized carbons (Fsp3) is 0.259. The molecule has 0 radical (unpaired) electrons. The summed E-state index contributed by atoms with van der Waals surface area (Å²) in [6.45, 7) is 0. The molecular formula is C27H26N2O2. The van der Waals surface area contributed by atoms with Gasteiger partial charge < -0.3 is 10.1 Å². The number of nitrogens with one attached hydrogen (secondary N) is 1. The second-order valence-corrected chi connectivity index (χ2v) is 8.12. The second-order valence-electron chi connectivity index (χ2n) is 8.12. The Labute approximate surface area is 183 Å². The molecule has 0 spiro atoms. The van der Waals surface area contributed by atoms with Crippen molar-refractivity contribution in [1.29, 1.82) is 5.26 Å². The van der Waals surface area contributed by atoms with Crippen molar-refractivity contribution < 1.29 is 9.53 Å². The summed E-state index contributed by atoms with van der Waals surface area (Å²) < 4.78 is 5.33. The van der Waals surface area contributed by atoms with E-state index in [1.807, 2.05) is 66.7 Å². The Morgan fingerprint density at radius 2 is 1.65 bits per heavy atom. The number of carbonyl (C=O) groups is 1. The van der Waals surface area contributed by atoms with Gasteiger partial charge in [0, 0.05) is 11.6 Å². The monoisotopic (exact) mass is 410 g/mol. The molecule has 156 valence electrons. The lowest BCUT2D eigenvalue weighted by Crippen LogP contribution is -2.41. The fourth-order valence-electron chi connectivity index (χ4n) is 4.35. The first-order valence-corrected chi connectivity index (χ1v) is 10.7. The summed E-state index contributed by atoms with van der Waals surface area (Å²) in [6.07, 6.45) is 2.99. The minimum Gasteiger partial charge on any atom is -0.497 e. The van der Waals surface area contributed by atoms with Gasteiger partial charge in [-0.3, -0.25) is 4.79 Å². The van der Waals surface area contributed by atoms with E-state index >= 15 is 0 Å². The number of nitrogens with zero attached hydrogens (tertiary/aromatic N) is 1. The molecule has 4 heteroatoms. The van der Waals surface area contributed by atoms with Crippen molar-refractivity contribution in [2.75, 3.05) is 7.11 Å². The minimum atomic E-state index is -0.521. The maximum Gasteiger partial charge on any atom is 0.251 e. The van der Waals surface area contributed by atoms with Crippen LogP contribution in [-0.2, 0) is 5.41 Å². The van der Waals surface area contributed by atoms with Gasteiger partial charge in [0.1, 0.15) is 5.75 Å². The van der Waals surface area contributed by atoms with E-state index in [2.05, 4.69) is 23.5 Å². The third kappa shape index (κ3) is 4.46. The maximum atomic E-state index is 12.8. The van der Waals surface area contributed by atoms with Crippen LogP contribution in [-0.4, -0.2) is 19.1 Å². The molecule has 0 heterocycles. The number of nitriles is 1. The molecule has 4 nitrogen and oxygen atoms in total. The molecule has 1 aliphatic rings. The summed E-state index contributed by atoms with van der Waals surface area (Å²) >= 11 is 0. The molecule has 0 aliphatic heterocycles. The largest absolute Gasteiger partial charge is 0.497 e. The van der Waals surface area contributed by atoms with Crippen molar-refractivity contribution in [2.24, 2.45) is 0 Å². The number of methoxy groups -OCH3 is 1. The molecule has 1 saturated carbocycles. The van der Waals surface area contributed by atoms with E-state index in [0.717, 1.165) is 35.3 Å². The molecule has 0 saturated heterocycles. The van der Waals surface area contributed by atoms with Crippen LogP contribution in [0.3, 0.4) is 0 Å². The molecule has 1 fully saturated rings. The molecule has 3 aromatic carbocycles. The number of carbonyl (C=O) groups excluding carboxylic acids is 1. The molecule has 1 N–H and O–H groups in total. The molecule has 1 amide bonds. The number of ether oxygens (including phenoxy) is 1. The van der Waals surface area contributed by atoms with Crippen LogP contribution in [0.15, 0.2) is 78.9 Å². The first-order chi connectivity index (χ1) is 15.1. The molecular weight excluding hydrogens is 384 g/mol. The molecule has 0 unspecified atom stereocenters. The number of hydrogen-bond donors (Lipinski definition) is 1. The van der Waals surface area contributed by atoms with Gasteiger partial charge in [-0.2, -0.15) is 5.26 Å². The molecule has 3 aromatic rings. The zero-order valence-electron chi connectivity index (χ0n) is 17.7. The predicted molar refractivity (Wildman–Crippen MR) is 122 cm³/mol. The van der Waals surface area contributed by atoms with Gasteiger partial charge in [0.05, 0.1) is 18.6 Å². The Balaban J connectivity index is 1.39. The quantitative estimate of drug-likeness (QED) is 0.604.